The molecule has 7 heteroatoms. The van der Waals surface area contributed by atoms with E-state index in [1.54, 1.807) is 0 Å². The highest BCUT2D eigenvalue weighted by atomic mass is 16.2. The number of carbonyl (C=O) groups is 1. The lowest BCUT2D eigenvalue weighted by molar-refractivity contribution is 0.101. The van der Waals surface area contributed by atoms with Gasteiger partial charge in [0.15, 0.2) is 5.82 Å². The Balaban J connectivity index is 1.46. The lowest BCUT2D eigenvalue weighted by Gasteiger charge is -2.40. The highest BCUT2D eigenvalue weighted by Crippen LogP contribution is 2.21. The number of nitrogens with one attached hydrogen (secondary N) is 2. The van der Waals surface area contributed by atoms with Gasteiger partial charge in [-0.15, -0.1) is 0 Å². The third-order valence-electron chi connectivity index (χ3n) is 5.00. The van der Waals surface area contributed by atoms with Gasteiger partial charge in [0.25, 0.3) is 0 Å². The number of aromatic nitrogens is 3. The molecule has 1 aromatic heterocycles. The van der Waals surface area contributed by atoms with E-state index in [1.807, 2.05) is 18.7 Å². The van der Waals surface area contributed by atoms with Crippen LogP contribution in [0.5, 0.6) is 0 Å². The van der Waals surface area contributed by atoms with Gasteiger partial charge >= 0.3 is 6.03 Å². The highest BCUT2D eigenvalue weighted by molar-refractivity contribution is 5.74. The van der Waals surface area contributed by atoms with Crippen molar-refractivity contribution in [3.63, 3.8) is 0 Å². The fourth-order valence-electron chi connectivity index (χ4n) is 3.61. The summed E-state index contributed by atoms with van der Waals surface area (Å²) in [6, 6.07) is 0.483. The van der Waals surface area contributed by atoms with Crippen molar-refractivity contribution in [2.75, 3.05) is 26.2 Å². The van der Waals surface area contributed by atoms with Crippen molar-refractivity contribution in [2.24, 2.45) is 0 Å². The van der Waals surface area contributed by atoms with E-state index in [9.17, 15) is 4.79 Å². The summed E-state index contributed by atoms with van der Waals surface area (Å²) in [5.41, 5.74) is 0. The molecule has 3 heterocycles. The standard InChI is InChI=1S/C16H28N6O/c1-12(15-18-13(2)19-20-15)17-16(23)22-10-6-14(7-11-22)21-8-4-3-5-9-21/h12,14H,3-11H2,1-2H3,(H,17,23)(H,18,19,20)/t12-/m1/s1. The summed E-state index contributed by atoms with van der Waals surface area (Å²) in [4.78, 5) is 21.2. The minimum atomic E-state index is -0.174. The molecule has 2 amide bonds. The number of hydrogen-bond donors (Lipinski definition) is 2. The maximum absolute atomic E-state index is 12.4. The number of aromatic amines is 1. The quantitative estimate of drug-likeness (QED) is 0.891. The van der Waals surface area contributed by atoms with Crippen molar-refractivity contribution in [2.45, 2.75) is 58.0 Å². The molecule has 1 atom stereocenters. The lowest BCUT2D eigenvalue weighted by atomic mass is 10.00. The van der Waals surface area contributed by atoms with Gasteiger partial charge < -0.3 is 15.1 Å². The van der Waals surface area contributed by atoms with Gasteiger partial charge in [-0.05, 0) is 52.6 Å². The largest absolute Gasteiger partial charge is 0.328 e. The summed E-state index contributed by atoms with van der Waals surface area (Å²) in [5, 5.41) is 9.93. The summed E-state index contributed by atoms with van der Waals surface area (Å²) >= 11 is 0. The van der Waals surface area contributed by atoms with Crippen LogP contribution in [0, 0.1) is 6.92 Å². The first-order valence-electron chi connectivity index (χ1n) is 8.82. The van der Waals surface area contributed by atoms with Crippen LogP contribution >= 0.6 is 0 Å². The average molecular weight is 320 g/mol. The van der Waals surface area contributed by atoms with Gasteiger partial charge in [0.2, 0.25) is 0 Å². The predicted octanol–water partition coefficient (Wildman–Crippen LogP) is 1.83. The number of likely N-dealkylation sites (tertiary alicyclic amines) is 2. The van der Waals surface area contributed by atoms with Crippen LogP contribution in [0.4, 0.5) is 4.79 Å². The number of amides is 2. The second kappa shape index (κ2) is 7.29. The van der Waals surface area contributed by atoms with Gasteiger partial charge in [-0.2, -0.15) is 5.10 Å². The van der Waals surface area contributed by atoms with E-state index >= 15 is 0 Å². The van der Waals surface area contributed by atoms with E-state index in [1.165, 1.54) is 32.4 Å². The maximum Gasteiger partial charge on any atom is 0.317 e. The van der Waals surface area contributed by atoms with Gasteiger partial charge in [0.1, 0.15) is 5.82 Å². The molecule has 0 bridgehead atoms. The zero-order valence-corrected chi connectivity index (χ0v) is 14.2. The first kappa shape index (κ1) is 16.2. The molecule has 128 valence electrons. The smallest absolute Gasteiger partial charge is 0.317 e. The SMILES string of the molecule is Cc1nc([C@@H](C)NC(=O)N2CCC(N3CCCCC3)CC2)n[nH]1. The minimum absolute atomic E-state index is 0.00273. The van der Waals surface area contributed by atoms with Crippen LogP contribution < -0.4 is 5.32 Å². The second-order valence-electron chi connectivity index (χ2n) is 6.77. The molecule has 0 aromatic carbocycles. The summed E-state index contributed by atoms with van der Waals surface area (Å²) < 4.78 is 0. The van der Waals surface area contributed by atoms with Gasteiger partial charge in [0.05, 0.1) is 6.04 Å². The number of carbonyl (C=O) groups excluding carboxylic acids is 1. The van der Waals surface area contributed by atoms with Gasteiger partial charge in [0, 0.05) is 19.1 Å². The number of H-pyrrole nitrogens is 1. The van der Waals surface area contributed by atoms with E-state index in [2.05, 4.69) is 25.4 Å². The topological polar surface area (TPSA) is 77.2 Å². The van der Waals surface area contributed by atoms with Crippen LogP contribution in [0.25, 0.3) is 0 Å². The second-order valence-corrected chi connectivity index (χ2v) is 6.77. The van der Waals surface area contributed by atoms with Crippen LogP contribution in [0.1, 0.15) is 56.7 Å². The van der Waals surface area contributed by atoms with Crippen LogP contribution in [0.2, 0.25) is 0 Å². The molecule has 2 fully saturated rings. The highest BCUT2D eigenvalue weighted by Gasteiger charge is 2.28. The Morgan fingerprint density at radius 2 is 1.91 bits per heavy atom. The maximum atomic E-state index is 12.4. The molecule has 2 aliphatic heterocycles. The number of nitrogens with zero attached hydrogens (tertiary/aromatic N) is 4. The third kappa shape index (κ3) is 4.02. The van der Waals surface area contributed by atoms with Crippen molar-refractivity contribution >= 4 is 6.03 Å². The van der Waals surface area contributed by atoms with Crippen molar-refractivity contribution in [1.29, 1.82) is 0 Å². The van der Waals surface area contributed by atoms with E-state index in [0.717, 1.165) is 31.8 Å². The Bertz CT molecular complexity index is 516. The molecular formula is C16H28N6O. The molecule has 0 radical (unpaired) electrons. The lowest BCUT2D eigenvalue weighted by Crippen LogP contribution is -2.50. The molecule has 0 unspecified atom stereocenters. The Morgan fingerprint density at radius 1 is 1.22 bits per heavy atom. The zero-order valence-electron chi connectivity index (χ0n) is 14.2. The Morgan fingerprint density at radius 3 is 2.52 bits per heavy atom. The minimum Gasteiger partial charge on any atom is -0.328 e. The summed E-state index contributed by atoms with van der Waals surface area (Å²) in [6.07, 6.45) is 6.20. The molecule has 1 aromatic rings. The van der Waals surface area contributed by atoms with Crippen molar-refractivity contribution in [1.82, 2.24) is 30.3 Å². The first-order valence-corrected chi connectivity index (χ1v) is 8.82. The molecule has 3 rings (SSSR count). The Hall–Kier alpha value is -1.63. The van der Waals surface area contributed by atoms with Crippen LogP contribution in [0.15, 0.2) is 0 Å². The average Bonchev–Trinajstić information content (AvgIpc) is 3.02. The Labute approximate surface area is 137 Å². The van der Waals surface area contributed by atoms with E-state index in [0.29, 0.717) is 11.9 Å². The Kier molecular flexibility index (Phi) is 5.15. The summed E-state index contributed by atoms with van der Waals surface area (Å²) in [7, 11) is 0. The third-order valence-corrected chi connectivity index (χ3v) is 5.00. The first-order chi connectivity index (χ1) is 11.1. The zero-order chi connectivity index (χ0) is 16.2. The van der Waals surface area contributed by atoms with Crippen LogP contribution in [-0.2, 0) is 0 Å². The summed E-state index contributed by atoms with van der Waals surface area (Å²) in [5.74, 6) is 1.41. The van der Waals surface area contributed by atoms with Crippen molar-refractivity contribution in [3.8, 4) is 0 Å². The fraction of sp³-hybridized carbons (Fsp3) is 0.812. The monoisotopic (exact) mass is 320 g/mol. The summed E-state index contributed by atoms with van der Waals surface area (Å²) in [6.45, 7) is 7.92. The molecule has 0 aliphatic carbocycles. The molecule has 2 N–H and O–H groups in total. The van der Waals surface area contributed by atoms with Crippen molar-refractivity contribution in [3.05, 3.63) is 11.6 Å². The van der Waals surface area contributed by atoms with E-state index in [-0.39, 0.29) is 12.1 Å². The molecule has 23 heavy (non-hydrogen) atoms. The number of aryl methyl sites for hydroxylation is 1. The van der Waals surface area contributed by atoms with Gasteiger partial charge in [-0.3, -0.25) is 5.10 Å². The molecule has 2 aliphatic rings. The number of hydrogen-bond acceptors (Lipinski definition) is 4. The molecular weight excluding hydrogens is 292 g/mol. The van der Waals surface area contributed by atoms with Crippen molar-refractivity contribution < 1.29 is 4.79 Å². The number of rotatable bonds is 3. The predicted molar refractivity (Wildman–Crippen MR) is 88.1 cm³/mol. The normalized spacial score (nSPS) is 22.1. The van der Waals surface area contributed by atoms with Gasteiger partial charge in [-0.25, -0.2) is 9.78 Å². The van der Waals surface area contributed by atoms with E-state index in [4.69, 9.17) is 0 Å². The molecule has 2 saturated heterocycles. The molecule has 0 saturated carbocycles. The fourth-order valence-corrected chi connectivity index (χ4v) is 3.61. The molecule has 7 nitrogen and oxygen atoms in total. The van der Waals surface area contributed by atoms with Crippen LogP contribution in [-0.4, -0.2) is 63.2 Å². The number of urea groups is 1. The van der Waals surface area contributed by atoms with Gasteiger partial charge in [-0.1, -0.05) is 6.42 Å². The number of piperidine rings is 2. The van der Waals surface area contributed by atoms with Crippen LogP contribution in [0.3, 0.4) is 0 Å². The van der Waals surface area contributed by atoms with E-state index < -0.39 is 0 Å². The molecule has 0 spiro atoms.